The summed E-state index contributed by atoms with van der Waals surface area (Å²) in [6.07, 6.45) is 0.799. The van der Waals surface area contributed by atoms with Gasteiger partial charge in [-0.1, -0.05) is 54.5 Å². The second-order valence-electron chi connectivity index (χ2n) is 8.06. The molecule has 1 N–H and O–H groups in total. The van der Waals surface area contributed by atoms with Crippen molar-refractivity contribution in [1.29, 1.82) is 0 Å². The fourth-order valence-corrected chi connectivity index (χ4v) is 4.06. The monoisotopic (exact) mass is 433 g/mol. The molecule has 162 valence electrons. The van der Waals surface area contributed by atoms with Crippen molar-refractivity contribution >= 4 is 21.9 Å². The number of nitrogens with zero attached hydrogens (tertiary/aromatic N) is 5. The molecule has 2 aromatic carbocycles. The van der Waals surface area contributed by atoms with Crippen LogP contribution in [0.15, 0.2) is 67.0 Å². The molecule has 0 spiro atoms. The van der Waals surface area contributed by atoms with Gasteiger partial charge in [0.1, 0.15) is 18.1 Å². The van der Waals surface area contributed by atoms with E-state index in [-0.39, 0.29) is 6.04 Å². The third-order valence-corrected chi connectivity index (χ3v) is 5.70. The number of aryl methyl sites for hydroxylation is 1. The summed E-state index contributed by atoms with van der Waals surface area (Å²) in [6.45, 7) is 5.64. The molecule has 0 fully saturated rings. The largest absolute Gasteiger partial charge is 0.381 e. The Balaban J connectivity index is 1.75. The summed E-state index contributed by atoms with van der Waals surface area (Å²) in [5.74, 6) is 5.80. The van der Waals surface area contributed by atoms with Crippen molar-refractivity contribution < 1.29 is 5.11 Å². The lowest BCUT2D eigenvalue weighted by molar-refractivity contribution is 0.253. The van der Waals surface area contributed by atoms with Crippen molar-refractivity contribution in [3.05, 3.63) is 83.9 Å². The number of aliphatic hydroxyl groups excluding tert-OH is 1. The maximum atomic E-state index is 9.66. The number of aliphatic hydroxyl groups is 1. The van der Waals surface area contributed by atoms with E-state index in [2.05, 4.69) is 53.0 Å². The van der Waals surface area contributed by atoms with Crippen LogP contribution in [0.25, 0.3) is 33.2 Å². The second-order valence-corrected chi connectivity index (χ2v) is 8.06. The molecule has 0 aliphatic carbocycles. The number of rotatable bonds is 3. The van der Waals surface area contributed by atoms with Gasteiger partial charge in [-0.15, -0.1) is 0 Å². The van der Waals surface area contributed by atoms with E-state index in [9.17, 15) is 5.11 Å². The summed E-state index contributed by atoms with van der Waals surface area (Å²) in [5.41, 5.74) is 6.00. The van der Waals surface area contributed by atoms with Crippen LogP contribution in [-0.4, -0.2) is 35.9 Å². The zero-order valence-electron chi connectivity index (χ0n) is 18.7. The maximum absolute atomic E-state index is 9.66. The predicted molar refractivity (Wildman–Crippen MR) is 130 cm³/mol. The van der Waals surface area contributed by atoms with Crippen LogP contribution in [0.2, 0.25) is 0 Å². The number of hydrogen-bond donors (Lipinski definition) is 1. The molecular weight excluding hydrogens is 410 g/mol. The Labute approximate surface area is 192 Å². The average Bonchev–Trinajstić information content (AvgIpc) is 3.22. The highest BCUT2D eigenvalue weighted by Crippen LogP contribution is 2.33. The Morgan fingerprint density at radius 3 is 2.52 bits per heavy atom. The van der Waals surface area contributed by atoms with Crippen molar-refractivity contribution in [2.75, 3.05) is 0 Å². The smallest absolute Gasteiger partial charge is 0.163 e. The second kappa shape index (κ2) is 8.45. The molecule has 0 aliphatic rings. The van der Waals surface area contributed by atoms with Gasteiger partial charge in [-0.05, 0) is 38.8 Å². The highest BCUT2D eigenvalue weighted by molar-refractivity contribution is 5.85. The minimum atomic E-state index is -0.748. The van der Waals surface area contributed by atoms with Gasteiger partial charge in [0, 0.05) is 16.5 Å². The first-order valence-corrected chi connectivity index (χ1v) is 10.9. The molecule has 3 heterocycles. The lowest BCUT2D eigenvalue weighted by Crippen LogP contribution is -2.12. The SMILES string of the molecule is Cc1ncnc2c1c(C#CC(C)O)nn2C(C)c1cc2ccccc2nc1-c1ccccc1. The summed E-state index contributed by atoms with van der Waals surface area (Å²) < 4.78 is 1.88. The van der Waals surface area contributed by atoms with Crippen molar-refractivity contribution in [1.82, 2.24) is 24.7 Å². The van der Waals surface area contributed by atoms with E-state index in [1.54, 1.807) is 13.3 Å². The van der Waals surface area contributed by atoms with Crippen LogP contribution in [0.4, 0.5) is 0 Å². The fourth-order valence-electron chi connectivity index (χ4n) is 4.06. The first-order valence-electron chi connectivity index (χ1n) is 10.9. The van der Waals surface area contributed by atoms with Crippen LogP contribution < -0.4 is 0 Å². The van der Waals surface area contributed by atoms with Crippen molar-refractivity contribution in [2.45, 2.75) is 32.9 Å². The molecule has 0 saturated heterocycles. The zero-order valence-corrected chi connectivity index (χ0v) is 18.7. The van der Waals surface area contributed by atoms with E-state index in [0.717, 1.165) is 38.8 Å². The summed E-state index contributed by atoms with van der Waals surface area (Å²) >= 11 is 0. The van der Waals surface area contributed by atoms with E-state index in [1.807, 2.05) is 48.0 Å². The lowest BCUT2D eigenvalue weighted by atomic mass is 9.98. The molecule has 6 heteroatoms. The first-order chi connectivity index (χ1) is 16.0. The van der Waals surface area contributed by atoms with Gasteiger partial charge in [0.2, 0.25) is 0 Å². The Morgan fingerprint density at radius 2 is 1.73 bits per heavy atom. The fraction of sp³-hybridized carbons (Fsp3) is 0.185. The number of hydrogen-bond acceptors (Lipinski definition) is 5. The van der Waals surface area contributed by atoms with E-state index in [4.69, 9.17) is 10.1 Å². The van der Waals surface area contributed by atoms with E-state index in [0.29, 0.717) is 11.3 Å². The standard InChI is InChI=1S/C27H23N5O/c1-17(33)13-14-24-25-18(2)28-16-29-27(25)32(31-24)19(3)22-15-21-11-7-8-12-23(21)30-26(22)20-9-5-4-6-10-20/h4-12,15-17,19,33H,1-3H3. The maximum Gasteiger partial charge on any atom is 0.163 e. The molecule has 2 atom stereocenters. The number of fused-ring (bicyclic) bond motifs is 2. The Kier molecular flexibility index (Phi) is 5.33. The zero-order chi connectivity index (χ0) is 22.9. The van der Waals surface area contributed by atoms with Gasteiger partial charge in [0.25, 0.3) is 0 Å². The normalized spacial score (nSPS) is 13.0. The van der Waals surface area contributed by atoms with Crippen LogP contribution in [0, 0.1) is 18.8 Å². The van der Waals surface area contributed by atoms with Crippen LogP contribution >= 0.6 is 0 Å². The molecule has 33 heavy (non-hydrogen) atoms. The Morgan fingerprint density at radius 1 is 0.970 bits per heavy atom. The van der Waals surface area contributed by atoms with Gasteiger partial charge in [-0.3, -0.25) is 0 Å². The van der Waals surface area contributed by atoms with E-state index in [1.165, 1.54) is 0 Å². The van der Waals surface area contributed by atoms with E-state index >= 15 is 0 Å². The topological polar surface area (TPSA) is 76.7 Å². The van der Waals surface area contributed by atoms with Crippen molar-refractivity contribution in [3.63, 3.8) is 0 Å². The molecule has 0 aliphatic heterocycles. The summed E-state index contributed by atoms with van der Waals surface area (Å²) in [4.78, 5) is 13.9. The minimum Gasteiger partial charge on any atom is -0.381 e. The number of para-hydroxylation sites is 1. The molecule has 0 radical (unpaired) electrons. The van der Waals surface area contributed by atoms with Gasteiger partial charge in [0.15, 0.2) is 5.65 Å². The molecule has 5 aromatic rings. The molecular formula is C27H23N5O. The number of pyridine rings is 1. The van der Waals surface area contributed by atoms with Gasteiger partial charge in [0.05, 0.1) is 28.3 Å². The lowest BCUT2D eigenvalue weighted by Gasteiger charge is -2.18. The quantitative estimate of drug-likeness (QED) is 0.418. The predicted octanol–water partition coefficient (Wildman–Crippen LogP) is 4.69. The molecule has 0 bridgehead atoms. The third-order valence-electron chi connectivity index (χ3n) is 5.70. The summed E-state index contributed by atoms with van der Waals surface area (Å²) in [5, 5.41) is 16.3. The molecule has 6 nitrogen and oxygen atoms in total. The molecule has 0 amide bonds. The highest BCUT2D eigenvalue weighted by Gasteiger charge is 2.22. The molecule has 2 unspecified atom stereocenters. The van der Waals surface area contributed by atoms with Crippen LogP contribution in [-0.2, 0) is 0 Å². The minimum absolute atomic E-state index is 0.170. The first kappa shape index (κ1) is 20.8. The van der Waals surface area contributed by atoms with E-state index < -0.39 is 6.10 Å². The molecule has 0 saturated carbocycles. The number of aromatic nitrogens is 5. The van der Waals surface area contributed by atoms with Crippen LogP contribution in [0.1, 0.15) is 36.8 Å². The van der Waals surface area contributed by atoms with Gasteiger partial charge >= 0.3 is 0 Å². The van der Waals surface area contributed by atoms with Crippen LogP contribution in [0.5, 0.6) is 0 Å². The van der Waals surface area contributed by atoms with Crippen molar-refractivity contribution in [2.24, 2.45) is 0 Å². The van der Waals surface area contributed by atoms with Gasteiger partial charge < -0.3 is 5.11 Å². The van der Waals surface area contributed by atoms with Crippen LogP contribution in [0.3, 0.4) is 0 Å². The van der Waals surface area contributed by atoms with Gasteiger partial charge in [-0.25, -0.2) is 19.6 Å². The molecule has 5 rings (SSSR count). The summed E-state index contributed by atoms with van der Waals surface area (Å²) in [7, 11) is 0. The van der Waals surface area contributed by atoms with Gasteiger partial charge in [-0.2, -0.15) is 5.10 Å². The molecule has 3 aromatic heterocycles. The average molecular weight is 434 g/mol. The number of benzene rings is 2. The highest BCUT2D eigenvalue weighted by atomic mass is 16.3. The van der Waals surface area contributed by atoms with Crippen molar-refractivity contribution in [3.8, 4) is 23.1 Å². The summed E-state index contributed by atoms with van der Waals surface area (Å²) in [6, 6.07) is 20.3. The Bertz CT molecular complexity index is 1530. The third kappa shape index (κ3) is 3.84. The Hall–Kier alpha value is -4.08.